The summed E-state index contributed by atoms with van der Waals surface area (Å²) in [5.41, 5.74) is 2.17. The molecule has 0 fully saturated rings. The average molecular weight is 245 g/mol. The SMILES string of the molecule is O=C(O)c1cccc2c1nnn2-c1ccsc1. The summed E-state index contributed by atoms with van der Waals surface area (Å²) in [6.45, 7) is 0. The van der Waals surface area contributed by atoms with Crippen molar-refractivity contribution in [2.75, 3.05) is 0 Å². The van der Waals surface area contributed by atoms with Gasteiger partial charge in [-0.2, -0.15) is 11.3 Å². The van der Waals surface area contributed by atoms with Crippen LogP contribution in [0.15, 0.2) is 35.0 Å². The minimum absolute atomic E-state index is 0.170. The van der Waals surface area contributed by atoms with Crippen LogP contribution in [-0.2, 0) is 0 Å². The highest BCUT2D eigenvalue weighted by Crippen LogP contribution is 2.20. The number of fused-ring (bicyclic) bond motifs is 1. The zero-order chi connectivity index (χ0) is 11.8. The van der Waals surface area contributed by atoms with E-state index in [1.807, 2.05) is 16.8 Å². The number of rotatable bonds is 2. The number of carbonyl (C=O) groups is 1. The lowest BCUT2D eigenvalue weighted by Gasteiger charge is -1.98. The first-order valence-corrected chi connectivity index (χ1v) is 5.82. The van der Waals surface area contributed by atoms with E-state index in [2.05, 4.69) is 10.3 Å². The molecule has 5 nitrogen and oxygen atoms in total. The lowest BCUT2D eigenvalue weighted by Crippen LogP contribution is -1.97. The first kappa shape index (κ1) is 9.98. The zero-order valence-corrected chi connectivity index (χ0v) is 9.39. The van der Waals surface area contributed by atoms with Gasteiger partial charge in [0.05, 0.1) is 16.8 Å². The molecule has 0 saturated carbocycles. The predicted octanol–water partition coefficient (Wildman–Crippen LogP) is 2.18. The fourth-order valence-electron chi connectivity index (χ4n) is 1.69. The fourth-order valence-corrected chi connectivity index (χ4v) is 2.30. The molecule has 0 aliphatic carbocycles. The molecule has 2 aromatic heterocycles. The van der Waals surface area contributed by atoms with Crippen LogP contribution in [0.5, 0.6) is 0 Å². The zero-order valence-electron chi connectivity index (χ0n) is 8.57. The van der Waals surface area contributed by atoms with Gasteiger partial charge < -0.3 is 5.11 Å². The smallest absolute Gasteiger partial charge is 0.338 e. The van der Waals surface area contributed by atoms with E-state index in [-0.39, 0.29) is 5.56 Å². The van der Waals surface area contributed by atoms with Crippen LogP contribution in [0, 0.1) is 0 Å². The lowest BCUT2D eigenvalue weighted by atomic mass is 10.2. The van der Waals surface area contributed by atoms with E-state index < -0.39 is 5.97 Å². The third-order valence-electron chi connectivity index (χ3n) is 2.46. The molecule has 84 valence electrons. The minimum atomic E-state index is -0.993. The molecule has 0 saturated heterocycles. The molecule has 0 radical (unpaired) electrons. The Kier molecular flexibility index (Phi) is 2.15. The maximum atomic E-state index is 11.0. The maximum Gasteiger partial charge on any atom is 0.338 e. The Balaban J connectivity index is 2.31. The van der Waals surface area contributed by atoms with Crippen molar-refractivity contribution in [3.8, 4) is 5.69 Å². The van der Waals surface area contributed by atoms with Crippen LogP contribution in [0.25, 0.3) is 16.7 Å². The van der Waals surface area contributed by atoms with Crippen molar-refractivity contribution in [2.24, 2.45) is 0 Å². The Morgan fingerprint density at radius 2 is 2.24 bits per heavy atom. The van der Waals surface area contributed by atoms with Crippen molar-refractivity contribution in [2.45, 2.75) is 0 Å². The maximum absolute atomic E-state index is 11.0. The number of carboxylic acid groups (broad SMARTS) is 1. The number of hydrogen-bond acceptors (Lipinski definition) is 4. The topological polar surface area (TPSA) is 68.0 Å². The molecule has 0 amide bonds. The van der Waals surface area contributed by atoms with Crippen molar-refractivity contribution in [1.82, 2.24) is 15.0 Å². The number of nitrogens with zero attached hydrogens (tertiary/aromatic N) is 3. The van der Waals surface area contributed by atoms with E-state index >= 15 is 0 Å². The average Bonchev–Trinajstić information content (AvgIpc) is 2.96. The summed E-state index contributed by atoms with van der Waals surface area (Å²) >= 11 is 1.55. The fraction of sp³-hybridized carbons (Fsp3) is 0. The number of aromatic nitrogens is 3. The third kappa shape index (κ3) is 1.50. The molecule has 17 heavy (non-hydrogen) atoms. The van der Waals surface area contributed by atoms with E-state index in [0.29, 0.717) is 11.0 Å². The summed E-state index contributed by atoms with van der Waals surface area (Å²) in [5.74, 6) is -0.993. The molecule has 0 aliphatic heterocycles. The molecule has 0 spiro atoms. The summed E-state index contributed by atoms with van der Waals surface area (Å²) in [4.78, 5) is 11.0. The molecular weight excluding hydrogens is 238 g/mol. The largest absolute Gasteiger partial charge is 0.478 e. The highest BCUT2D eigenvalue weighted by Gasteiger charge is 2.14. The van der Waals surface area contributed by atoms with Crippen LogP contribution >= 0.6 is 11.3 Å². The van der Waals surface area contributed by atoms with E-state index in [9.17, 15) is 4.79 Å². The first-order valence-electron chi connectivity index (χ1n) is 4.87. The van der Waals surface area contributed by atoms with Gasteiger partial charge in [-0.1, -0.05) is 11.3 Å². The van der Waals surface area contributed by atoms with Gasteiger partial charge in [0.1, 0.15) is 5.52 Å². The van der Waals surface area contributed by atoms with Gasteiger partial charge in [0.2, 0.25) is 0 Å². The van der Waals surface area contributed by atoms with Gasteiger partial charge in [0, 0.05) is 5.38 Å². The quantitative estimate of drug-likeness (QED) is 0.751. The summed E-state index contributed by atoms with van der Waals surface area (Å²) in [7, 11) is 0. The van der Waals surface area contributed by atoms with Crippen molar-refractivity contribution in [3.63, 3.8) is 0 Å². The molecule has 0 aliphatic rings. The van der Waals surface area contributed by atoms with E-state index in [1.54, 1.807) is 28.2 Å². The molecule has 0 bridgehead atoms. The summed E-state index contributed by atoms with van der Waals surface area (Å²) in [6.07, 6.45) is 0. The van der Waals surface area contributed by atoms with Crippen LogP contribution in [0.1, 0.15) is 10.4 Å². The second-order valence-electron chi connectivity index (χ2n) is 3.46. The number of benzene rings is 1. The third-order valence-corrected chi connectivity index (χ3v) is 3.13. The molecule has 1 aromatic carbocycles. The van der Waals surface area contributed by atoms with Gasteiger partial charge in [-0.05, 0) is 23.6 Å². The van der Waals surface area contributed by atoms with Gasteiger partial charge >= 0.3 is 5.97 Å². The van der Waals surface area contributed by atoms with Gasteiger partial charge in [-0.15, -0.1) is 5.10 Å². The van der Waals surface area contributed by atoms with E-state index in [1.165, 1.54) is 6.07 Å². The Labute approximate surface area is 99.9 Å². The predicted molar refractivity (Wildman–Crippen MR) is 63.7 cm³/mol. The lowest BCUT2D eigenvalue weighted by molar-refractivity contribution is 0.0699. The van der Waals surface area contributed by atoms with Gasteiger partial charge in [-0.25, -0.2) is 9.48 Å². The summed E-state index contributed by atoms with van der Waals surface area (Å²) in [5, 5.41) is 20.8. The molecule has 0 atom stereocenters. The number of aromatic carboxylic acids is 1. The van der Waals surface area contributed by atoms with Crippen LogP contribution in [0.2, 0.25) is 0 Å². The van der Waals surface area contributed by atoms with Crippen molar-refractivity contribution < 1.29 is 9.90 Å². The molecule has 3 rings (SSSR count). The van der Waals surface area contributed by atoms with Crippen LogP contribution in [-0.4, -0.2) is 26.1 Å². The Morgan fingerprint density at radius 1 is 1.35 bits per heavy atom. The molecule has 2 heterocycles. The Hall–Kier alpha value is -2.21. The second kappa shape index (κ2) is 3.67. The van der Waals surface area contributed by atoms with Crippen LogP contribution in [0.3, 0.4) is 0 Å². The summed E-state index contributed by atoms with van der Waals surface area (Å²) in [6, 6.07) is 6.93. The number of thiophene rings is 1. The molecule has 0 unspecified atom stereocenters. The minimum Gasteiger partial charge on any atom is -0.478 e. The van der Waals surface area contributed by atoms with E-state index in [0.717, 1.165) is 5.69 Å². The van der Waals surface area contributed by atoms with Crippen LogP contribution in [0.4, 0.5) is 0 Å². The number of hydrogen-bond donors (Lipinski definition) is 1. The van der Waals surface area contributed by atoms with E-state index in [4.69, 9.17) is 5.11 Å². The van der Waals surface area contributed by atoms with Gasteiger partial charge in [0.25, 0.3) is 0 Å². The van der Waals surface area contributed by atoms with Gasteiger partial charge in [-0.3, -0.25) is 0 Å². The second-order valence-corrected chi connectivity index (χ2v) is 4.24. The van der Waals surface area contributed by atoms with Crippen LogP contribution < -0.4 is 0 Å². The monoisotopic (exact) mass is 245 g/mol. The van der Waals surface area contributed by atoms with Crippen molar-refractivity contribution in [3.05, 3.63) is 40.6 Å². The van der Waals surface area contributed by atoms with Crippen molar-refractivity contribution >= 4 is 28.3 Å². The highest BCUT2D eigenvalue weighted by molar-refractivity contribution is 7.08. The standard InChI is InChI=1S/C11H7N3O2S/c15-11(16)8-2-1-3-9-10(8)12-13-14(9)7-4-5-17-6-7/h1-6H,(H,15,16). The van der Waals surface area contributed by atoms with Crippen molar-refractivity contribution in [1.29, 1.82) is 0 Å². The van der Waals surface area contributed by atoms with Gasteiger partial charge in [0.15, 0.2) is 0 Å². The highest BCUT2D eigenvalue weighted by atomic mass is 32.1. The Bertz CT molecular complexity index is 688. The Morgan fingerprint density at radius 3 is 2.94 bits per heavy atom. The normalized spacial score (nSPS) is 10.8. The number of carboxylic acids is 1. The first-order chi connectivity index (χ1) is 8.27. The molecular formula is C11H7N3O2S. The molecule has 6 heteroatoms. The molecule has 3 aromatic rings. The summed E-state index contributed by atoms with van der Waals surface area (Å²) < 4.78 is 1.64. The molecule has 1 N–H and O–H groups in total.